The first kappa shape index (κ1) is 25.6. The number of hydrazone groups is 1. The lowest BCUT2D eigenvalue weighted by Gasteiger charge is -2.11. The summed E-state index contributed by atoms with van der Waals surface area (Å²) in [6, 6.07) is 19.7. The molecule has 1 heterocycles. The summed E-state index contributed by atoms with van der Waals surface area (Å²) in [7, 11) is 4.65. The molecular weight excluding hydrogens is 494 g/mol. The molecule has 2 N–H and O–H groups in total. The minimum absolute atomic E-state index is 0.0726. The molecule has 0 bridgehead atoms. The maximum atomic E-state index is 12.5. The molecule has 0 aliphatic rings. The first-order valence-corrected chi connectivity index (χ1v) is 12.1. The van der Waals surface area contributed by atoms with E-state index in [0.29, 0.717) is 10.7 Å². The Morgan fingerprint density at radius 1 is 1.03 bits per heavy atom. The van der Waals surface area contributed by atoms with Crippen molar-refractivity contribution in [1.82, 2.24) is 15.6 Å². The third kappa shape index (κ3) is 6.19. The van der Waals surface area contributed by atoms with Gasteiger partial charge in [-0.25, -0.2) is 5.43 Å². The number of aromatic nitrogens is 3. The molecule has 0 unspecified atom stereocenters. The van der Waals surface area contributed by atoms with Crippen LogP contribution >= 0.6 is 11.8 Å². The number of benzene rings is 3. The van der Waals surface area contributed by atoms with Gasteiger partial charge in [-0.1, -0.05) is 17.9 Å². The first-order valence-electron chi connectivity index (χ1n) is 11.1. The predicted molar refractivity (Wildman–Crippen MR) is 138 cm³/mol. The fourth-order valence-electron chi connectivity index (χ4n) is 3.41. The van der Waals surface area contributed by atoms with Crippen LogP contribution in [0.2, 0.25) is 0 Å². The first-order chi connectivity index (χ1) is 18.0. The molecule has 0 saturated heterocycles. The van der Waals surface area contributed by atoms with Gasteiger partial charge in [0.1, 0.15) is 22.9 Å². The van der Waals surface area contributed by atoms with E-state index < -0.39 is 0 Å². The summed E-state index contributed by atoms with van der Waals surface area (Å²) in [5.74, 6) is 1.96. The number of methoxy groups -OCH3 is 3. The number of aromatic amines is 1. The Bertz CT molecular complexity index is 1390. The number of H-pyrrole nitrogens is 1. The molecule has 0 fully saturated rings. The fourth-order valence-corrected chi connectivity index (χ4v) is 4.17. The van der Waals surface area contributed by atoms with Crippen molar-refractivity contribution < 1.29 is 28.7 Å². The van der Waals surface area contributed by atoms with E-state index in [9.17, 15) is 9.90 Å². The van der Waals surface area contributed by atoms with E-state index in [4.69, 9.17) is 14.2 Å². The zero-order chi connectivity index (χ0) is 26.2. The standard InChI is InChI=1S/C26H25N5O5S/c1-34-20-9-5-18(6-10-20)25-29-30-26(31(25)19-7-11-21(35-2)12-8-19)37-16-24(33)28-27-15-17-4-13-22(32)23(14-17)36-3/h4-15H,16H2,1-3H3,(H2,27,28,32,33). The predicted octanol–water partition coefficient (Wildman–Crippen LogP) is 2.70. The van der Waals surface area contributed by atoms with E-state index in [1.807, 2.05) is 53.1 Å². The zero-order valence-electron chi connectivity index (χ0n) is 20.4. The van der Waals surface area contributed by atoms with Crippen molar-refractivity contribution in [2.45, 2.75) is 5.16 Å². The highest BCUT2D eigenvalue weighted by Gasteiger charge is 2.24. The van der Waals surface area contributed by atoms with E-state index in [2.05, 4.69) is 20.7 Å². The number of rotatable bonds is 10. The minimum Gasteiger partial charge on any atom is -0.870 e. The molecule has 10 nitrogen and oxygen atoms in total. The lowest BCUT2D eigenvalue weighted by atomic mass is 10.2. The third-order valence-electron chi connectivity index (χ3n) is 5.29. The fraction of sp³-hybridized carbons (Fsp3) is 0.154. The van der Waals surface area contributed by atoms with E-state index in [-0.39, 0.29) is 23.2 Å². The molecule has 0 radical (unpaired) electrons. The highest BCUT2D eigenvalue weighted by atomic mass is 32.2. The molecule has 0 aliphatic carbocycles. The average molecular weight is 520 g/mol. The summed E-state index contributed by atoms with van der Waals surface area (Å²) in [4.78, 5) is 12.5. The monoisotopic (exact) mass is 519 g/mol. The van der Waals surface area contributed by atoms with Gasteiger partial charge in [0.25, 0.3) is 11.7 Å². The van der Waals surface area contributed by atoms with Gasteiger partial charge in [-0.2, -0.15) is 9.67 Å². The smallest absolute Gasteiger partial charge is 0.342 e. The maximum Gasteiger partial charge on any atom is 0.342 e. The normalized spacial score (nSPS) is 10.9. The van der Waals surface area contributed by atoms with E-state index in [1.54, 1.807) is 26.4 Å². The summed E-state index contributed by atoms with van der Waals surface area (Å²) in [5, 5.41) is 23.7. The molecule has 0 atom stereocenters. The molecule has 1 amide bonds. The number of amides is 1. The summed E-state index contributed by atoms with van der Waals surface area (Å²) in [6.07, 6.45) is 1.44. The Morgan fingerprint density at radius 2 is 1.70 bits per heavy atom. The largest absolute Gasteiger partial charge is 0.870 e. The second kappa shape index (κ2) is 12.0. The molecule has 11 heteroatoms. The molecule has 190 valence electrons. The highest BCUT2D eigenvalue weighted by molar-refractivity contribution is 7.99. The molecule has 0 spiro atoms. The van der Waals surface area contributed by atoms with Gasteiger partial charge in [-0.05, 0) is 71.9 Å². The van der Waals surface area contributed by atoms with Gasteiger partial charge in [-0.15, -0.1) is 5.10 Å². The van der Waals surface area contributed by atoms with E-state index in [0.717, 1.165) is 28.6 Å². The molecule has 1 aromatic heterocycles. The topological polar surface area (TPSA) is 125 Å². The van der Waals surface area contributed by atoms with Crippen LogP contribution in [-0.4, -0.2) is 49.4 Å². The second-order valence-corrected chi connectivity index (χ2v) is 8.55. The molecule has 0 saturated carbocycles. The Balaban J connectivity index is 1.51. The molecule has 0 aliphatic heterocycles. The van der Waals surface area contributed by atoms with Gasteiger partial charge in [0.2, 0.25) is 0 Å². The lowest BCUT2D eigenvalue weighted by molar-refractivity contribution is -0.625. The van der Waals surface area contributed by atoms with Crippen LogP contribution in [0, 0.1) is 0 Å². The SMILES string of the molecule is COc1ccc(-c2[nH]nc(SCC(=O)N/N=C/c3ccc([O-])c(OC)c3)[n+]2-c2ccc(OC)cc2)cc1. The molecular formula is C26H25N5O5S. The summed E-state index contributed by atoms with van der Waals surface area (Å²) >= 11 is 1.25. The van der Waals surface area contributed by atoms with Gasteiger partial charge in [-0.3, -0.25) is 4.79 Å². The summed E-state index contributed by atoms with van der Waals surface area (Å²) in [6.45, 7) is 0. The van der Waals surface area contributed by atoms with Crippen molar-refractivity contribution in [2.75, 3.05) is 27.1 Å². The molecule has 3 aromatic carbocycles. The van der Waals surface area contributed by atoms with Crippen LogP contribution in [0.3, 0.4) is 0 Å². The lowest BCUT2D eigenvalue weighted by Crippen LogP contribution is -2.34. The Morgan fingerprint density at radius 3 is 2.35 bits per heavy atom. The van der Waals surface area contributed by atoms with Gasteiger partial charge in [0.15, 0.2) is 0 Å². The van der Waals surface area contributed by atoms with Crippen molar-refractivity contribution in [3.05, 3.63) is 72.3 Å². The number of hydrogen-bond acceptors (Lipinski definition) is 8. The van der Waals surface area contributed by atoms with E-state index >= 15 is 0 Å². The Hall–Kier alpha value is -4.51. The number of ether oxygens (including phenoxy) is 3. The van der Waals surface area contributed by atoms with Crippen molar-refractivity contribution in [2.24, 2.45) is 5.10 Å². The minimum atomic E-state index is -0.316. The summed E-state index contributed by atoms with van der Waals surface area (Å²) < 4.78 is 17.5. The second-order valence-electron chi connectivity index (χ2n) is 7.61. The zero-order valence-corrected chi connectivity index (χ0v) is 21.2. The van der Waals surface area contributed by atoms with Crippen LogP contribution in [0.15, 0.2) is 77.0 Å². The van der Waals surface area contributed by atoms with Gasteiger partial charge in [0.05, 0.1) is 44.0 Å². The Kier molecular flexibility index (Phi) is 8.26. The van der Waals surface area contributed by atoms with Crippen molar-refractivity contribution in [3.8, 4) is 40.1 Å². The van der Waals surface area contributed by atoms with Gasteiger partial charge in [0, 0.05) is 0 Å². The maximum absolute atomic E-state index is 12.5. The third-order valence-corrected chi connectivity index (χ3v) is 6.23. The van der Waals surface area contributed by atoms with Crippen molar-refractivity contribution >= 4 is 23.9 Å². The van der Waals surface area contributed by atoms with Crippen LogP contribution < -0.4 is 29.3 Å². The van der Waals surface area contributed by atoms with Crippen LogP contribution in [0.25, 0.3) is 17.1 Å². The number of carbonyl (C=O) groups is 1. The number of carbonyl (C=O) groups excluding carboxylic acids is 1. The average Bonchev–Trinajstić information content (AvgIpc) is 3.36. The van der Waals surface area contributed by atoms with Crippen LogP contribution in [-0.2, 0) is 4.79 Å². The number of nitrogens with zero attached hydrogens (tertiary/aromatic N) is 3. The van der Waals surface area contributed by atoms with E-state index in [1.165, 1.54) is 31.2 Å². The molecule has 37 heavy (non-hydrogen) atoms. The van der Waals surface area contributed by atoms with Crippen LogP contribution in [0.4, 0.5) is 0 Å². The highest BCUT2D eigenvalue weighted by Crippen LogP contribution is 2.24. The number of thioether (sulfide) groups is 1. The van der Waals surface area contributed by atoms with Crippen molar-refractivity contribution in [3.63, 3.8) is 0 Å². The Labute approximate surface area is 217 Å². The molecule has 4 aromatic rings. The van der Waals surface area contributed by atoms with Gasteiger partial charge < -0.3 is 19.3 Å². The van der Waals surface area contributed by atoms with Crippen LogP contribution in [0.5, 0.6) is 23.0 Å². The number of nitrogens with one attached hydrogen (secondary N) is 2. The quantitative estimate of drug-likeness (QED) is 0.143. The molecule has 4 rings (SSSR count). The van der Waals surface area contributed by atoms with Crippen LogP contribution in [0.1, 0.15) is 5.56 Å². The summed E-state index contributed by atoms with van der Waals surface area (Å²) in [5.41, 5.74) is 4.85. The van der Waals surface area contributed by atoms with Gasteiger partial charge >= 0.3 is 5.16 Å². The number of hydrogen-bond donors (Lipinski definition) is 2. The van der Waals surface area contributed by atoms with Crippen molar-refractivity contribution in [1.29, 1.82) is 0 Å².